The van der Waals surface area contributed by atoms with Crippen molar-refractivity contribution in [2.24, 2.45) is 0 Å². The highest BCUT2D eigenvalue weighted by atomic mass is 19.1. The van der Waals surface area contributed by atoms with Gasteiger partial charge in [0.2, 0.25) is 0 Å². The highest BCUT2D eigenvalue weighted by Gasteiger charge is 2.21. The van der Waals surface area contributed by atoms with Gasteiger partial charge in [0.25, 0.3) is 5.56 Å². The number of anilines is 1. The van der Waals surface area contributed by atoms with E-state index in [1.54, 1.807) is 13.0 Å². The lowest BCUT2D eigenvalue weighted by atomic mass is 10.1. The zero-order chi connectivity index (χ0) is 18.3. The summed E-state index contributed by atoms with van der Waals surface area (Å²) in [6.45, 7) is 3.49. The van der Waals surface area contributed by atoms with E-state index in [4.69, 9.17) is 0 Å². The maximum atomic E-state index is 14.3. The Balaban J connectivity index is 1.98. The van der Waals surface area contributed by atoms with Gasteiger partial charge in [-0.05, 0) is 44.4 Å². The van der Waals surface area contributed by atoms with Crippen molar-refractivity contribution < 1.29 is 9.50 Å². The van der Waals surface area contributed by atoms with Crippen LogP contribution in [0.2, 0.25) is 0 Å². The fraction of sp³-hybridized carbons (Fsp3) is 0.316. The minimum atomic E-state index is -0.667. The quantitative estimate of drug-likeness (QED) is 0.766. The Morgan fingerprint density at radius 3 is 2.65 bits per heavy atom. The van der Waals surface area contributed by atoms with Crippen molar-refractivity contribution in [3.8, 4) is 11.4 Å². The fourth-order valence-electron chi connectivity index (χ4n) is 3.59. The second-order valence-corrected chi connectivity index (χ2v) is 6.54. The molecule has 1 aliphatic heterocycles. The van der Waals surface area contributed by atoms with Gasteiger partial charge in [0, 0.05) is 18.8 Å². The number of phenols is 1. The molecule has 1 N–H and O–H groups in total. The number of aromatic hydroxyl groups is 1. The molecule has 0 saturated carbocycles. The van der Waals surface area contributed by atoms with Crippen molar-refractivity contribution in [2.75, 3.05) is 18.0 Å². The molecule has 0 spiro atoms. The Morgan fingerprint density at radius 2 is 1.92 bits per heavy atom. The van der Waals surface area contributed by atoms with Crippen LogP contribution in [0.15, 0.2) is 35.4 Å². The van der Waals surface area contributed by atoms with Gasteiger partial charge < -0.3 is 10.0 Å². The number of aryl methyl sites for hydroxylation is 1. The van der Waals surface area contributed by atoms with E-state index in [-0.39, 0.29) is 17.0 Å². The predicted octanol–water partition coefficient (Wildman–Crippen LogP) is 2.92. The van der Waals surface area contributed by atoms with E-state index < -0.39 is 11.4 Å². The molecule has 0 unspecified atom stereocenters. The van der Waals surface area contributed by atoms with Gasteiger partial charge in [-0.3, -0.25) is 9.36 Å². The predicted molar refractivity (Wildman–Crippen MR) is 97.6 cm³/mol. The van der Waals surface area contributed by atoms with Crippen LogP contribution in [0.25, 0.3) is 16.6 Å². The topological polar surface area (TPSA) is 71.2 Å². The van der Waals surface area contributed by atoms with Crippen LogP contribution in [0.4, 0.5) is 10.2 Å². The lowest BCUT2D eigenvalue weighted by molar-refractivity contribution is 0.463. The van der Waals surface area contributed by atoms with E-state index in [1.807, 2.05) is 0 Å². The second-order valence-electron chi connectivity index (χ2n) is 6.54. The van der Waals surface area contributed by atoms with Crippen LogP contribution in [0.3, 0.4) is 0 Å². The third-order valence-electron chi connectivity index (χ3n) is 4.82. The number of hydrogen-bond acceptors (Lipinski definition) is 5. The molecule has 26 heavy (non-hydrogen) atoms. The van der Waals surface area contributed by atoms with Crippen LogP contribution < -0.4 is 10.5 Å². The van der Waals surface area contributed by atoms with Gasteiger partial charge in [-0.1, -0.05) is 6.07 Å². The number of aromatic nitrogens is 3. The lowest BCUT2D eigenvalue weighted by Crippen LogP contribution is -2.31. The van der Waals surface area contributed by atoms with Crippen LogP contribution in [-0.4, -0.2) is 32.7 Å². The number of rotatable bonds is 2. The second kappa shape index (κ2) is 6.40. The van der Waals surface area contributed by atoms with E-state index in [1.165, 1.54) is 35.5 Å². The smallest absolute Gasteiger partial charge is 0.282 e. The van der Waals surface area contributed by atoms with E-state index >= 15 is 0 Å². The maximum Gasteiger partial charge on any atom is 0.282 e. The Morgan fingerprint density at radius 1 is 1.15 bits per heavy atom. The molecule has 0 atom stereocenters. The van der Waals surface area contributed by atoms with E-state index in [0.29, 0.717) is 11.1 Å². The molecule has 4 rings (SSSR count). The zero-order valence-corrected chi connectivity index (χ0v) is 14.4. The molecular formula is C19H19FN4O2. The molecule has 1 aromatic carbocycles. The molecule has 0 amide bonds. The monoisotopic (exact) mass is 354 g/mol. The van der Waals surface area contributed by atoms with Crippen molar-refractivity contribution in [1.82, 2.24) is 14.5 Å². The number of phenolic OH excluding ortho intramolecular Hbond substituents is 1. The summed E-state index contributed by atoms with van der Waals surface area (Å²) >= 11 is 0. The molecule has 7 heteroatoms. The van der Waals surface area contributed by atoms with Crippen molar-refractivity contribution in [3.63, 3.8) is 0 Å². The molecule has 1 fully saturated rings. The summed E-state index contributed by atoms with van der Waals surface area (Å²) in [7, 11) is 0. The summed E-state index contributed by atoms with van der Waals surface area (Å²) < 4.78 is 15.5. The molecule has 0 radical (unpaired) electrons. The Kier molecular flexibility index (Phi) is 4.06. The van der Waals surface area contributed by atoms with Crippen LogP contribution >= 0.6 is 0 Å². The minimum Gasteiger partial charge on any atom is -0.506 e. The molecule has 3 heterocycles. The molecule has 1 saturated heterocycles. The highest BCUT2D eigenvalue weighted by Crippen LogP contribution is 2.28. The Labute approximate surface area is 149 Å². The Hall–Kier alpha value is -2.96. The van der Waals surface area contributed by atoms with Crippen LogP contribution in [0.5, 0.6) is 5.75 Å². The maximum absolute atomic E-state index is 14.3. The minimum absolute atomic E-state index is 0.157. The third-order valence-corrected chi connectivity index (χ3v) is 4.82. The van der Waals surface area contributed by atoms with E-state index in [2.05, 4.69) is 14.9 Å². The number of para-hydroxylation sites is 1. The number of hydrogen-bond donors (Lipinski definition) is 1. The first-order valence-electron chi connectivity index (χ1n) is 8.68. The van der Waals surface area contributed by atoms with Gasteiger partial charge in [-0.15, -0.1) is 0 Å². The third kappa shape index (κ3) is 2.60. The van der Waals surface area contributed by atoms with Crippen LogP contribution in [0, 0.1) is 12.7 Å². The summed E-state index contributed by atoms with van der Waals surface area (Å²) in [5.74, 6) is -0.223. The van der Waals surface area contributed by atoms with E-state index in [0.717, 1.165) is 31.7 Å². The largest absolute Gasteiger partial charge is 0.506 e. The average molecular weight is 354 g/mol. The molecular weight excluding hydrogens is 335 g/mol. The highest BCUT2D eigenvalue weighted by molar-refractivity contribution is 5.89. The fourth-order valence-corrected chi connectivity index (χ4v) is 3.59. The van der Waals surface area contributed by atoms with Crippen molar-refractivity contribution in [1.29, 1.82) is 0 Å². The van der Waals surface area contributed by atoms with Gasteiger partial charge >= 0.3 is 0 Å². The molecule has 0 aliphatic carbocycles. The number of benzene rings is 1. The number of piperidine rings is 1. The van der Waals surface area contributed by atoms with Gasteiger partial charge in [0.15, 0.2) is 5.82 Å². The molecule has 6 nitrogen and oxygen atoms in total. The summed E-state index contributed by atoms with van der Waals surface area (Å²) in [5, 5.41) is 10.7. The van der Waals surface area contributed by atoms with Crippen molar-refractivity contribution in [2.45, 2.75) is 26.2 Å². The molecule has 3 aromatic rings. The number of pyridine rings is 1. The molecule has 1 aliphatic rings. The van der Waals surface area contributed by atoms with Crippen molar-refractivity contribution in [3.05, 3.63) is 52.5 Å². The van der Waals surface area contributed by atoms with E-state index in [9.17, 15) is 14.3 Å². The Bertz CT molecular complexity index is 1020. The van der Waals surface area contributed by atoms with Crippen LogP contribution in [0.1, 0.15) is 25.0 Å². The first-order chi connectivity index (χ1) is 12.6. The first kappa shape index (κ1) is 16.5. The van der Waals surface area contributed by atoms with Gasteiger partial charge in [0.1, 0.15) is 29.1 Å². The SMILES string of the molecule is Cc1cc2c(N3CCCCC3)ncnc2c(=O)n1-c1c(O)cccc1F. The summed E-state index contributed by atoms with van der Waals surface area (Å²) in [4.78, 5) is 23.8. The number of nitrogens with zero attached hydrogens (tertiary/aromatic N) is 4. The van der Waals surface area contributed by atoms with Gasteiger partial charge in [-0.2, -0.15) is 0 Å². The normalized spacial score (nSPS) is 14.8. The van der Waals surface area contributed by atoms with Crippen molar-refractivity contribution >= 4 is 16.7 Å². The standard InChI is InChI=1S/C19H19FN4O2/c1-12-10-13-16(21-11-22-18(13)23-8-3-2-4-9-23)19(26)24(12)17-14(20)6-5-7-15(17)25/h5-7,10-11,25H,2-4,8-9H2,1H3. The summed E-state index contributed by atoms with van der Waals surface area (Å²) in [6.07, 6.45) is 4.74. The lowest BCUT2D eigenvalue weighted by Gasteiger charge is -2.28. The summed E-state index contributed by atoms with van der Waals surface area (Å²) in [6, 6.07) is 5.75. The van der Waals surface area contributed by atoms with Gasteiger partial charge in [-0.25, -0.2) is 14.4 Å². The first-order valence-corrected chi connectivity index (χ1v) is 8.68. The average Bonchev–Trinajstić information content (AvgIpc) is 2.64. The summed E-state index contributed by atoms with van der Waals surface area (Å²) in [5.41, 5.74) is 0.0980. The molecule has 0 bridgehead atoms. The van der Waals surface area contributed by atoms with Crippen LogP contribution in [-0.2, 0) is 0 Å². The molecule has 134 valence electrons. The van der Waals surface area contributed by atoms with Gasteiger partial charge in [0.05, 0.1) is 5.39 Å². The number of fused-ring (bicyclic) bond motifs is 1. The zero-order valence-electron chi connectivity index (χ0n) is 14.4. The molecule has 2 aromatic heterocycles. The number of halogens is 1.